The van der Waals surface area contributed by atoms with Gasteiger partial charge in [-0.2, -0.15) is 4.98 Å². The summed E-state index contributed by atoms with van der Waals surface area (Å²) >= 11 is 7.63. The van der Waals surface area contributed by atoms with E-state index < -0.39 is 0 Å². The Labute approximate surface area is 144 Å². The Balaban J connectivity index is 1.79. The number of aromatic nitrogens is 2. The third kappa shape index (κ3) is 3.92. The molecule has 0 unspecified atom stereocenters. The van der Waals surface area contributed by atoms with Crippen molar-refractivity contribution in [2.75, 3.05) is 11.9 Å². The smallest absolute Gasteiger partial charge is 0.225 e. The van der Waals surface area contributed by atoms with Gasteiger partial charge in [-0.05, 0) is 55.3 Å². The highest BCUT2D eigenvalue weighted by Gasteiger charge is 2.10. The normalized spacial score (nSPS) is 10.9. The van der Waals surface area contributed by atoms with Crippen molar-refractivity contribution in [2.24, 2.45) is 0 Å². The van der Waals surface area contributed by atoms with Gasteiger partial charge in [0, 0.05) is 10.6 Å². The fourth-order valence-corrected chi connectivity index (χ4v) is 3.32. The summed E-state index contributed by atoms with van der Waals surface area (Å²) in [5, 5.41) is 4.55. The number of anilines is 2. The molecule has 0 aliphatic rings. The van der Waals surface area contributed by atoms with Crippen molar-refractivity contribution in [1.82, 2.24) is 9.97 Å². The predicted molar refractivity (Wildman–Crippen MR) is 97.3 cm³/mol. The number of benzene rings is 1. The zero-order chi connectivity index (χ0) is 16.2. The predicted octanol–water partition coefficient (Wildman–Crippen LogP) is 5.58. The molecule has 6 heteroatoms. The largest absolute Gasteiger partial charge is 0.494 e. The van der Waals surface area contributed by atoms with Crippen LogP contribution >= 0.6 is 22.9 Å². The molecule has 0 radical (unpaired) electrons. The molecule has 0 spiro atoms. The summed E-state index contributed by atoms with van der Waals surface area (Å²) in [7, 11) is 0. The molecule has 0 saturated carbocycles. The average Bonchev–Trinajstić information content (AvgIpc) is 2.89. The summed E-state index contributed by atoms with van der Waals surface area (Å²) in [5.41, 5.74) is 0.938. The van der Waals surface area contributed by atoms with Crippen LogP contribution in [0.5, 0.6) is 5.75 Å². The molecule has 0 bridgehead atoms. The van der Waals surface area contributed by atoms with Gasteiger partial charge < -0.3 is 10.1 Å². The van der Waals surface area contributed by atoms with E-state index in [9.17, 15) is 0 Å². The van der Waals surface area contributed by atoms with E-state index in [1.807, 2.05) is 31.2 Å². The first kappa shape index (κ1) is 16.0. The lowest BCUT2D eigenvalue weighted by molar-refractivity contribution is 0.309. The maximum absolute atomic E-state index is 6.02. The second-order valence-electron chi connectivity index (χ2n) is 5.27. The van der Waals surface area contributed by atoms with Crippen molar-refractivity contribution < 1.29 is 4.74 Å². The van der Waals surface area contributed by atoms with Crippen LogP contribution in [0.25, 0.3) is 10.2 Å². The van der Waals surface area contributed by atoms with Crippen LogP contribution in [-0.4, -0.2) is 16.6 Å². The highest BCUT2D eigenvalue weighted by atomic mass is 35.5. The summed E-state index contributed by atoms with van der Waals surface area (Å²) in [6, 6.07) is 9.93. The van der Waals surface area contributed by atoms with E-state index in [0.717, 1.165) is 46.9 Å². The number of thiophene rings is 1. The minimum Gasteiger partial charge on any atom is -0.494 e. The molecule has 3 aromatic rings. The lowest BCUT2D eigenvalue weighted by atomic mass is 10.3. The molecule has 0 aliphatic heterocycles. The van der Waals surface area contributed by atoms with Crippen LogP contribution in [0, 0.1) is 6.92 Å². The van der Waals surface area contributed by atoms with Gasteiger partial charge in [-0.25, -0.2) is 4.98 Å². The van der Waals surface area contributed by atoms with Gasteiger partial charge in [-0.3, -0.25) is 0 Å². The van der Waals surface area contributed by atoms with E-state index in [-0.39, 0.29) is 5.28 Å². The summed E-state index contributed by atoms with van der Waals surface area (Å²) < 4.78 is 5.67. The third-order valence-electron chi connectivity index (χ3n) is 3.37. The number of nitrogens with one attached hydrogen (secondary N) is 1. The molecule has 23 heavy (non-hydrogen) atoms. The highest BCUT2D eigenvalue weighted by molar-refractivity contribution is 7.18. The number of aryl methyl sites for hydroxylation is 1. The van der Waals surface area contributed by atoms with Crippen LogP contribution in [0.1, 0.15) is 24.6 Å². The Hall–Kier alpha value is -1.85. The van der Waals surface area contributed by atoms with Gasteiger partial charge in [-0.1, -0.05) is 13.3 Å². The minimum absolute atomic E-state index is 0.251. The Morgan fingerprint density at radius 2 is 2.00 bits per heavy atom. The summed E-state index contributed by atoms with van der Waals surface area (Å²) in [6.07, 6.45) is 2.19. The number of ether oxygens (including phenoxy) is 1. The lowest BCUT2D eigenvalue weighted by Gasteiger charge is -2.09. The van der Waals surface area contributed by atoms with Crippen molar-refractivity contribution in [3.05, 3.63) is 40.5 Å². The summed E-state index contributed by atoms with van der Waals surface area (Å²) in [4.78, 5) is 10.7. The number of hydrogen-bond acceptors (Lipinski definition) is 5. The Morgan fingerprint density at radius 1 is 1.22 bits per heavy atom. The molecule has 0 atom stereocenters. The third-order valence-corrected chi connectivity index (χ3v) is 4.49. The SMILES string of the molecule is CCCCOc1ccc(Nc2nc(Cl)nc3sc(C)cc23)cc1. The van der Waals surface area contributed by atoms with Crippen LogP contribution in [0.4, 0.5) is 11.5 Å². The first-order chi connectivity index (χ1) is 11.2. The highest BCUT2D eigenvalue weighted by Crippen LogP contribution is 2.31. The number of nitrogens with zero attached hydrogens (tertiary/aromatic N) is 2. The van der Waals surface area contributed by atoms with Gasteiger partial charge in [0.25, 0.3) is 0 Å². The van der Waals surface area contributed by atoms with E-state index in [1.165, 1.54) is 4.88 Å². The monoisotopic (exact) mass is 347 g/mol. The van der Waals surface area contributed by atoms with Crippen molar-refractivity contribution >= 4 is 44.7 Å². The van der Waals surface area contributed by atoms with E-state index in [1.54, 1.807) is 11.3 Å². The zero-order valence-electron chi connectivity index (χ0n) is 13.1. The molecule has 2 aromatic heterocycles. The molecular weight excluding hydrogens is 330 g/mol. The van der Waals surface area contributed by atoms with Crippen molar-refractivity contribution in [3.63, 3.8) is 0 Å². The Kier molecular flexibility index (Phi) is 4.98. The van der Waals surface area contributed by atoms with Crippen molar-refractivity contribution in [1.29, 1.82) is 0 Å². The van der Waals surface area contributed by atoms with E-state index in [4.69, 9.17) is 16.3 Å². The quantitative estimate of drug-likeness (QED) is 0.467. The van der Waals surface area contributed by atoms with Crippen LogP contribution in [0.2, 0.25) is 5.28 Å². The Bertz CT molecular complexity index is 801. The maximum Gasteiger partial charge on any atom is 0.225 e. The first-order valence-corrected chi connectivity index (χ1v) is 8.78. The molecule has 120 valence electrons. The van der Waals surface area contributed by atoms with Gasteiger partial charge in [0.05, 0.1) is 12.0 Å². The fraction of sp³-hybridized carbons (Fsp3) is 0.294. The standard InChI is InChI=1S/C17H18ClN3OS/c1-3-4-9-22-13-7-5-12(6-8-13)19-15-14-10-11(2)23-16(14)21-17(18)20-15/h5-8,10H,3-4,9H2,1-2H3,(H,19,20,21). The molecule has 0 aliphatic carbocycles. The number of hydrogen-bond donors (Lipinski definition) is 1. The topological polar surface area (TPSA) is 47.0 Å². The van der Waals surface area contributed by atoms with Crippen LogP contribution < -0.4 is 10.1 Å². The number of halogens is 1. The van der Waals surface area contributed by atoms with Gasteiger partial charge >= 0.3 is 0 Å². The van der Waals surface area contributed by atoms with E-state index in [2.05, 4.69) is 28.3 Å². The van der Waals surface area contributed by atoms with Gasteiger partial charge in [0.15, 0.2) is 0 Å². The minimum atomic E-state index is 0.251. The molecule has 1 N–H and O–H groups in total. The van der Waals surface area contributed by atoms with Crippen molar-refractivity contribution in [3.8, 4) is 5.75 Å². The molecular formula is C17H18ClN3OS. The molecule has 0 fully saturated rings. The second-order valence-corrected chi connectivity index (χ2v) is 6.84. The molecule has 0 amide bonds. The van der Waals surface area contributed by atoms with E-state index in [0.29, 0.717) is 0 Å². The maximum atomic E-state index is 6.02. The zero-order valence-corrected chi connectivity index (χ0v) is 14.7. The van der Waals surface area contributed by atoms with Gasteiger partial charge in [-0.15, -0.1) is 11.3 Å². The Morgan fingerprint density at radius 3 is 2.74 bits per heavy atom. The number of rotatable bonds is 6. The van der Waals surface area contributed by atoms with Crippen molar-refractivity contribution in [2.45, 2.75) is 26.7 Å². The van der Waals surface area contributed by atoms with Crippen LogP contribution in [-0.2, 0) is 0 Å². The lowest BCUT2D eigenvalue weighted by Crippen LogP contribution is -1.98. The molecule has 4 nitrogen and oxygen atoms in total. The first-order valence-electron chi connectivity index (χ1n) is 7.59. The molecule has 1 aromatic carbocycles. The number of unbranched alkanes of at least 4 members (excludes halogenated alkanes) is 1. The molecule has 3 rings (SSSR count). The molecule has 0 saturated heterocycles. The van der Waals surface area contributed by atoms with Gasteiger partial charge in [0.2, 0.25) is 5.28 Å². The van der Waals surface area contributed by atoms with Crippen LogP contribution in [0.3, 0.4) is 0 Å². The number of fused-ring (bicyclic) bond motifs is 1. The summed E-state index contributed by atoms with van der Waals surface area (Å²) in [5.74, 6) is 1.60. The second kappa shape index (κ2) is 7.15. The van der Waals surface area contributed by atoms with E-state index >= 15 is 0 Å². The fourth-order valence-electron chi connectivity index (χ4n) is 2.22. The molecule has 2 heterocycles. The summed E-state index contributed by atoms with van der Waals surface area (Å²) in [6.45, 7) is 4.95. The van der Waals surface area contributed by atoms with Crippen LogP contribution in [0.15, 0.2) is 30.3 Å². The van der Waals surface area contributed by atoms with Gasteiger partial charge in [0.1, 0.15) is 16.4 Å². The average molecular weight is 348 g/mol.